The van der Waals surface area contributed by atoms with E-state index < -0.39 is 0 Å². The molecule has 0 fully saturated rings. The van der Waals surface area contributed by atoms with Crippen LogP contribution in [-0.4, -0.2) is 27.6 Å². The number of carbonyl (C=O) groups is 1. The summed E-state index contributed by atoms with van der Waals surface area (Å²) in [6.07, 6.45) is 1.11. The highest BCUT2D eigenvalue weighted by Gasteiger charge is 2.03. The highest BCUT2D eigenvalue weighted by Crippen LogP contribution is 2.10. The summed E-state index contributed by atoms with van der Waals surface area (Å²) in [6.45, 7) is 3.15. The molecule has 0 atom stereocenters. The number of rotatable bonds is 4. The van der Waals surface area contributed by atoms with Crippen molar-refractivity contribution in [3.8, 4) is 6.01 Å². The summed E-state index contributed by atoms with van der Waals surface area (Å²) in [7, 11) is 0. The van der Waals surface area contributed by atoms with Crippen LogP contribution in [0.1, 0.15) is 0 Å². The van der Waals surface area contributed by atoms with E-state index in [4.69, 9.17) is 27.9 Å². The van der Waals surface area contributed by atoms with Gasteiger partial charge in [-0.25, -0.2) is 0 Å². The third kappa shape index (κ3) is 4.09. The van der Waals surface area contributed by atoms with Crippen LogP contribution in [0.15, 0.2) is 12.7 Å². The minimum absolute atomic E-state index is 0.0654. The molecular weight excluding hydrogens is 243 g/mol. The van der Waals surface area contributed by atoms with Crippen LogP contribution in [0, 0.1) is 0 Å². The molecule has 0 saturated carbocycles. The van der Waals surface area contributed by atoms with Gasteiger partial charge in [0.2, 0.25) is 16.5 Å². The van der Waals surface area contributed by atoms with Crippen LogP contribution in [0.5, 0.6) is 6.01 Å². The van der Waals surface area contributed by atoms with Crippen molar-refractivity contribution >= 4 is 29.1 Å². The van der Waals surface area contributed by atoms with Crippen LogP contribution >= 0.6 is 23.2 Å². The Bertz CT molecular complexity index is 365. The van der Waals surface area contributed by atoms with Gasteiger partial charge in [-0.3, -0.25) is 4.79 Å². The Kier molecular flexibility index (Phi) is 4.26. The lowest BCUT2D eigenvalue weighted by Gasteiger charge is -2.04. The van der Waals surface area contributed by atoms with Crippen molar-refractivity contribution in [3.05, 3.63) is 23.2 Å². The molecule has 0 aliphatic carbocycles. The number of halogens is 2. The Morgan fingerprint density at radius 1 is 1.40 bits per heavy atom. The fraction of sp³-hybridized carbons (Fsp3) is 0.143. The molecule has 0 aliphatic heterocycles. The van der Waals surface area contributed by atoms with Gasteiger partial charge in [0.15, 0.2) is 6.73 Å². The van der Waals surface area contributed by atoms with Crippen molar-refractivity contribution in [2.45, 2.75) is 0 Å². The van der Waals surface area contributed by atoms with E-state index in [0.29, 0.717) is 0 Å². The normalized spacial score (nSPS) is 9.47. The lowest BCUT2D eigenvalue weighted by Crippen LogP contribution is -2.26. The average Bonchev–Trinajstić information content (AvgIpc) is 2.16. The van der Waals surface area contributed by atoms with Crippen molar-refractivity contribution < 1.29 is 9.53 Å². The number of aromatic nitrogens is 3. The van der Waals surface area contributed by atoms with Gasteiger partial charge in [-0.1, -0.05) is 6.58 Å². The number of nitrogens with zero attached hydrogens (tertiary/aromatic N) is 3. The topological polar surface area (TPSA) is 77.0 Å². The van der Waals surface area contributed by atoms with Crippen molar-refractivity contribution in [3.63, 3.8) is 0 Å². The predicted octanol–water partition coefficient (Wildman–Crippen LogP) is 0.817. The van der Waals surface area contributed by atoms with E-state index >= 15 is 0 Å². The molecule has 1 aromatic rings. The molecule has 1 aromatic heterocycles. The van der Waals surface area contributed by atoms with Gasteiger partial charge < -0.3 is 10.1 Å². The number of hydrogen-bond donors (Lipinski definition) is 1. The summed E-state index contributed by atoms with van der Waals surface area (Å²) in [5, 5.41) is 2.19. The molecule has 1 rings (SSSR count). The summed E-state index contributed by atoms with van der Waals surface area (Å²) in [6, 6.07) is -0.0654. The summed E-state index contributed by atoms with van der Waals surface area (Å²) >= 11 is 11.0. The monoisotopic (exact) mass is 248 g/mol. The second-order valence-corrected chi connectivity index (χ2v) is 2.87. The Balaban J connectivity index is 2.50. The van der Waals surface area contributed by atoms with Gasteiger partial charge in [0, 0.05) is 0 Å². The van der Waals surface area contributed by atoms with Crippen molar-refractivity contribution in [2.75, 3.05) is 6.73 Å². The molecule has 1 heterocycles. The summed E-state index contributed by atoms with van der Waals surface area (Å²) in [5.41, 5.74) is 0. The van der Waals surface area contributed by atoms with E-state index in [-0.39, 0.29) is 29.2 Å². The molecule has 0 radical (unpaired) electrons. The number of nitrogens with one attached hydrogen (secondary N) is 1. The van der Waals surface area contributed by atoms with Crippen molar-refractivity contribution in [1.82, 2.24) is 20.3 Å². The number of hydrogen-bond acceptors (Lipinski definition) is 5. The Labute approximate surface area is 95.3 Å². The molecule has 0 aliphatic rings. The zero-order valence-corrected chi connectivity index (χ0v) is 8.92. The molecule has 1 N–H and O–H groups in total. The number of amides is 1. The van der Waals surface area contributed by atoms with Crippen molar-refractivity contribution in [1.29, 1.82) is 0 Å². The summed E-state index contributed by atoms with van der Waals surface area (Å²) < 4.78 is 4.93. The summed E-state index contributed by atoms with van der Waals surface area (Å²) in [5.74, 6) is -0.374. The SMILES string of the molecule is C=CC(=O)NCOc1nc(Cl)nc(Cl)n1. The molecule has 0 saturated heterocycles. The fourth-order valence-electron chi connectivity index (χ4n) is 0.617. The fourth-order valence-corrected chi connectivity index (χ4v) is 0.965. The minimum atomic E-state index is -0.374. The lowest BCUT2D eigenvalue weighted by molar-refractivity contribution is -0.117. The quantitative estimate of drug-likeness (QED) is 0.631. The zero-order chi connectivity index (χ0) is 11.3. The smallest absolute Gasteiger partial charge is 0.323 e. The van der Waals surface area contributed by atoms with Gasteiger partial charge >= 0.3 is 6.01 Å². The van der Waals surface area contributed by atoms with E-state index in [1.54, 1.807) is 0 Å². The maximum absolute atomic E-state index is 10.7. The predicted molar refractivity (Wildman–Crippen MR) is 53.7 cm³/mol. The molecular formula is C7H6Cl2N4O2. The van der Waals surface area contributed by atoms with Crippen LogP contribution < -0.4 is 10.1 Å². The second-order valence-electron chi connectivity index (χ2n) is 2.19. The van der Waals surface area contributed by atoms with Crippen LogP contribution in [-0.2, 0) is 4.79 Å². The van der Waals surface area contributed by atoms with E-state index in [1.165, 1.54) is 0 Å². The Morgan fingerprint density at radius 3 is 2.53 bits per heavy atom. The highest BCUT2D eigenvalue weighted by molar-refractivity contribution is 6.31. The van der Waals surface area contributed by atoms with Crippen LogP contribution in [0.3, 0.4) is 0 Å². The average molecular weight is 249 g/mol. The van der Waals surface area contributed by atoms with Gasteiger partial charge in [0.05, 0.1) is 0 Å². The minimum Gasteiger partial charge on any atom is -0.442 e. The Hall–Kier alpha value is -1.40. The van der Waals surface area contributed by atoms with Crippen molar-refractivity contribution in [2.24, 2.45) is 0 Å². The van der Waals surface area contributed by atoms with Gasteiger partial charge in [-0.2, -0.15) is 15.0 Å². The first kappa shape index (κ1) is 11.7. The van der Waals surface area contributed by atoms with Crippen LogP contribution in [0.25, 0.3) is 0 Å². The maximum atomic E-state index is 10.7. The largest absolute Gasteiger partial charge is 0.442 e. The van der Waals surface area contributed by atoms with E-state index in [2.05, 4.69) is 26.8 Å². The lowest BCUT2D eigenvalue weighted by atomic mass is 10.6. The molecule has 0 aromatic carbocycles. The Morgan fingerprint density at radius 2 is 2.00 bits per heavy atom. The highest BCUT2D eigenvalue weighted by atomic mass is 35.5. The van der Waals surface area contributed by atoms with Gasteiger partial charge in [-0.05, 0) is 29.3 Å². The third-order valence-corrected chi connectivity index (χ3v) is 1.53. The molecule has 0 unspecified atom stereocenters. The van der Waals surface area contributed by atoms with Gasteiger partial charge in [0.1, 0.15) is 0 Å². The summed E-state index contributed by atoms with van der Waals surface area (Å²) in [4.78, 5) is 21.5. The number of carbonyl (C=O) groups excluding carboxylic acids is 1. The molecule has 6 nitrogen and oxygen atoms in total. The van der Waals surface area contributed by atoms with Gasteiger partial charge in [-0.15, -0.1) is 0 Å². The van der Waals surface area contributed by atoms with E-state index in [1.807, 2.05) is 0 Å². The van der Waals surface area contributed by atoms with Gasteiger partial charge in [0.25, 0.3) is 0 Å². The maximum Gasteiger partial charge on any atom is 0.323 e. The third-order valence-electron chi connectivity index (χ3n) is 1.19. The first-order chi connectivity index (χ1) is 7.11. The first-order valence-corrected chi connectivity index (χ1v) is 4.47. The zero-order valence-electron chi connectivity index (χ0n) is 7.41. The molecule has 80 valence electrons. The standard InChI is InChI=1S/C7H6Cl2N4O2/c1-2-4(14)10-3-15-7-12-5(8)11-6(9)13-7/h2H,1,3H2,(H,10,14). The van der Waals surface area contributed by atoms with Crippen LogP contribution in [0.4, 0.5) is 0 Å². The molecule has 15 heavy (non-hydrogen) atoms. The second kappa shape index (κ2) is 5.47. The molecule has 0 spiro atoms. The first-order valence-electron chi connectivity index (χ1n) is 3.72. The molecule has 0 bridgehead atoms. The number of ether oxygens (including phenoxy) is 1. The molecule has 8 heteroatoms. The van der Waals surface area contributed by atoms with Crippen LogP contribution in [0.2, 0.25) is 10.6 Å². The van der Waals surface area contributed by atoms with E-state index in [0.717, 1.165) is 6.08 Å². The molecule has 1 amide bonds. The van der Waals surface area contributed by atoms with E-state index in [9.17, 15) is 4.79 Å².